The molecule has 7 nitrogen and oxygen atoms in total. The number of aromatic hydroxyl groups is 1. The minimum Gasteiger partial charge on any atom is -0.507 e. The Balaban J connectivity index is 1.55. The van der Waals surface area contributed by atoms with E-state index in [1.807, 2.05) is 6.07 Å². The normalized spacial score (nSPS) is 13.2. The third kappa shape index (κ3) is 4.00. The molecule has 2 aromatic rings. The molecule has 26 heavy (non-hydrogen) atoms. The van der Waals surface area contributed by atoms with Gasteiger partial charge in [-0.15, -0.1) is 0 Å². The Bertz CT molecular complexity index is 854. The topological polar surface area (TPSA) is 94.1 Å². The lowest BCUT2D eigenvalue weighted by Crippen LogP contribution is -2.31. The molecule has 1 heterocycles. The van der Waals surface area contributed by atoms with E-state index >= 15 is 0 Å². The number of nitrogens with one attached hydrogen (secondary N) is 1. The Hall–Kier alpha value is -2.93. The van der Waals surface area contributed by atoms with Crippen molar-refractivity contribution in [1.29, 1.82) is 0 Å². The fourth-order valence-electron chi connectivity index (χ4n) is 2.43. The van der Waals surface area contributed by atoms with Crippen molar-refractivity contribution in [1.82, 2.24) is 5.32 Å². The number of halogens is 1. The maximum Gasteiger partial charge on any atom is 0.342 e. The minimum absolute atomic E-state index is 0.103. The Labute approximate surface area is 154 Å². The van der Waals surface area contributed by atoms with Gasteiger partial charge in [-0.2, -0.15) is 0 Å². The molecule has 0 aliphatic carbocycles. The summed E-state index contributed by atoms with van der Waals surface area (Å²) in [6.45, 7) is 1.48. The molecule has 0 saturated carbocycles. The Morgan fingerprint density at radius 2 is 2.00 bits per heavy atom. The molecule has 3 rings (SSSR count). The summed E-state index contributed by atoms with van der Waals surface area (Å²) < 4.78 is 15.5. The molecule has 2 N–H and O–H groups in total. The second-order valence-corrected chi connectivity index (χ2v) is 6.08. The van der Waals surface area contributed by atoms with Crippen LogP contribution < -0.4 is 14.8 Å². The number of phenols is 1. The summed E-state index contributed by atoms with van der Waals surface area (Å²) in [6.07, 6.45) is 0. The number of hydrogen-bond donors (Lipinski definition) is 2. The summed E-state index contributed by atoms with van der Waals surface area (Å²) in [5, 5.41) is 12.7. The molecule has 8 heteroatoms. The number of carbonyl (C=O) groups excluding carboxylic acids is 2. The van der Waals surface area contributed by atoms with Crippen molar-refractivity contribution >= 4 is 23.5 Å². The van der Waals surface area contributed by atoms with Crippen molar-refractivity contribution in [2.24, 2.45) is 0 Å². The number of rotatable bonds is 5. The standard InChI is InChI=1S/C18H16ClNO6/c1-10(11-2-5-15-16(6-11)26-9-25-15)20-17(22)8-24-18(23)13-7-12(19)3-4-14(13)21/h2-7,10,21H,8-9H2,1H3,(H,20,22)/t10-/m0/s1. The smallest absolute Gasteiger partial charge is 0.342 e. The highest BCUT2D eigenvalue weighted by Gasteiger charge is 2.18. The first-order valence-corrected chi connectivity index (χ1v) is 8.16. The van der Waals surface area contributed by atoms with E-state index in [2.05, 4.69) is 5.32 Å². The van der Waals surface area contributed by atoms with E-state index in [1.54, 1.807) is 19.1 Å². The van der Waals surface area contributed by atoms with Crippen LogP contribution in [-0.2, 0) is 9.53 Å². The number of ether oxygens (including phenoxy) is 3. The van der Waals surface area contributed by atoms with E-state index in [-0.39, 0.29) is 29.2 Å². The van der Waals surface area contributed by atoms with Gasteiger partial charge < -0.3 is 24.6 Å². The van der Waals surface area contributed by atoms with E-state index in [9.17, 15) is 14.7 Å². The number of fused-ring (bicyclic) bond motifs is 1. The molecule has 2 aromatic carbocycles. The second kappa shape index (κ2) is 7.53. The van der Waals surface area contributed by atoms with Gasteiger partial charge in [0.15, 0.2) is 18.1 Å². The number of hydrogen-bond acceptors (Lipinski definition) is 6. The molecule has 0 fully saturated rings. The van der Waals surface area contributed by atoms with Gasteiger partial charge in [0.25, 0.3) is 5.91 Å². The Morgan fingerprint density at radius 3 is 2.81 bits per heavy atom. The van der Waals surface area contributed by atoms with Crippen LogP contribution in [-0.4, -0.2) is 30.4 Å². The Morgan fingerprint density at radius 1 is 1.23 bits per heavy atom. The van der Waals surface area contributed by atoms with Crippen LogP contribution >= 0.6 is 11.6 Å². The molecule has 1 atom stereocenters. The fraction of sp³-hybridized carbons (Fsp3) is 0.222. The fourth-order valence-corrected chi connectivity index (χ4v) is 2.60. The van der Waals surface area contributed by atoms with Gasteiger partial charge in [-0.1, -0.05) is 17.7 Å². The van der Waals surface area contributed by atoms with Gasteiger partial charge in [-0.25, -0.2) is 4.79 Å². The zero-order valence-electron chi connectivity index (χ0n) is 13.8. The maximum absolute atomic E-state index is 12.0. The molecule has 0 saturated heterocycles. The van der Waals surface area contributed by atoms with Crippen molar-refractivity contribution in [3.63, 3.8) is 0 Å². The first kappa shape index (κ1) is 17.9. The third-order valence-electron chi connectivity index (χ3n) is 3.79. The average Bonchev–Trinajstić information content (AvgIpc) is 3.09. The van der Waals surface area contributed by atoms with Crippen LogP contribution in [0.1, 0.15) is 28.9 Å². The lowest BCUT2D eigenvalue weighted by molar-refractivity contribution is -0.124. The van der Waals surface area contributed by atoms with Crippen LogP contribution in [0.5, 0.6) is 17.2 Å². The number of phenolic OH excluding ortho intramolecular Hbond substituents is 1. The monoisotopic (exact) mass is 377 g/mol. The molecular weight excluding hydrogens is 362 g/mol. The van der Waals surface area contributed by atoms with Gasteiger partial charge in [0, 0.05) is 5.02 Å². The number of esters is 1. The van der Waals surface area contributed by atoms with Crippen molar-refractivity contribution in [3.8, 4) is 17.2 Å². The minimum atomic E-state index is -0.837. The van der Waals surface area contributed by atoms with Crippen molar-refractivity contribution in [3.05, 3.63) is 52.5 Å². The van der Waals surface area contributed by atoms with Gasteiger partial charge in [-0.3, -0.25) is 4.79 Å². The van der Waals surface area contributed by atoms with E-state index in [0.717, 1.165) is 5.56 Å². The van der Waals surface area contributed by atoms with Crippen molar-refractivity contribution < 1.29 is 28.9 Å². The molecule has 0 bridgehead atoms. The van der Waals surface area contributed by atoms with E-state index in [4.69, 9.17) is 25.8 Å². The lowest BCUT2D eigenvalue weighted by atomic mass is 10.1. The predicted octanol–water partition coefficient (Wildman–Crippen LogP) is 2.81. The largest absolute Gasteiger partial charge is 0.507 e. The van der Waals surface area contributed by atoms with Crippen LogP contribution in [0.2, 0.25) is 5.02 Å². The van der Waals surface area contributed by atoms with Crippen molar-refractivity contribution in [2.75, 3.05) is 13.4 Å². The van der Waals surface area contributed by atoms with Gasteiger partial charge >= 0.3 is 5.97 Å². The predicted molar refractivity (Wildman–Crippen MR) is 92.5 cm³/mol. The zero-order chi connectivity index (χ0) is 18.7. The molecule has 1 amide bonds. The van der Waals surface area contributed by atoms with Crippen LogP contribution in [0.15, 0.2) is 36.4 Å². The van der Waals surface area contributed by atoms with Crippen molar-refractivity contribution in [2.45, 2.75) is 13.0 Å². The summed E-state index contributed by atoms with van der Waals surface area (Å²) in [7, 11) is 0. The quantitative estimate of drug-likeness (QED) is 0.778. The average molecular weight is 378 g/mol. The van der Waals surface area contributed by atoms with Gasteiger partial charge in [0.2, 0.25) is 6.79 Å². The highest BCUT2D eigenvalue weighted by Crippen LogP contribution is 2.34. The lowest BCUT2D eigenvalue weighted by Gasteiger charge is -2.15. The highest BCUT2D eigenvalue weighted by molar-refractivity contribution is 6.31. The molecule has 136 valence electrons. The molecule has 0 unspecified atom stereocenters. The second-order valence-electron chi connectivity index (χ2n) is 5.64. The first-order chi connectivity index (χ1) is 12.4. The van der Waals surface area contributed by atoms with Crippen LogP contribution in [0.4, 0.5) is 0 Å². The van der Waals surface area contributed by atoms with Gasteiger partial charge in [0.05, 0.1) is 6.04 Å². The van der Waals surface area contributed by atoms with Gasteiger partial charge in [-0.05, 0) is 42.8 Å². The van der Waals surface area contributed by atoms with E-state index in [1.165, 1.54) is 18.2 Å². The number of carbonyl (C=O) groups is 2. The summed E-state index contributed by atoms with van der Waals surface area (Å²) in [6, 6.07) is 9.02. The molecule has 1 aliphatic heterocycles. The first-order valence-electron chi connectivity index (χ1n) is 7.78. The molecule has 0 spiro atoms. The highest BCUT2D eigenvalue weighted by atomic mass is 35.5. The molecular formula is C18H16ClNO6. The number of benzene rings is 2. The van der Waals surface area contributed by atoms with Crippen LogP contribution in [0.25, 0.3) is 0 Å². The van der Waals surface area contributed by atoms with Crippen LogP contribution in [0.3, 0.4) is 0 Å². The SMILES string of the molecule is C[C@H](NC(=O)COC(=O)c1cc(Cl)ccc1O)c1ccc2c(c1)OCO2. The molecule has 0 radical (unpaired) electrons. The molecule has 1 aliphatic rings. The summed E-state index contributed by atoms with van der Waals surface area (Å²) in [5.74, 6) is -0.316. The zero-order valence-corrected chi connectivity index (χ0v) is 14.6. The third-order valence-corrected chi connectivity index (χ3v) is 4.02. The van der Waals surface area contributed by atoms with E-state index in [0.29, 0.717) is 11.5 Å². The Kier molecular flexibility index (Phi) is 5.18. The molecule has 0 aromatic heterocycles. The van der Waals surface area contributed by atoms with E-state index < -0.39 is 18.5 Å². The summed E-state index contributed by atoms with van der Waals surface area (Å²) >= 11 is 5.78. The maximum atomic E-state index is 12.0. The van der Waals surface area contributed by atoms with Gasteiger partial charge in [0.1, 0.15) is 11.3 Å². The summed E-state index contributed by atoms with van der Waals surface area (Å²) in [5.41, 5.74) is 0.718. The number of amides is 1. The summed E-state index contributed by atoms with van der Waals surface area (Å²) in [4.78, 5) is 24.0. The van der Waals surface area contributed by atoms with Crippen LogP contribution in [0, 0.1) is 0 Å².